The maximum Gasteiger partial charge on any atom is 0.303 e. The second-order valence-electron chi connectivity index (χ2n) is 9.76. The molecule has 2 aliphatic rings. The lowest BCUT2D eigenvalue weighted by Gasteiger charge is -2.44. The van der Waals surface area contributed by atoms with Gasteiger partial charge in [0.15, 0.2) is 6.10 Å². The van der Waals surface area contributed by atoms with E-state index in [2.05, 4.69) is 30.2 Å². The largest absolute Gasteiger partial charge is 0.458 e. The Hall–Kier alpha value is -3.10. The lowest BCUT2D eigenvalue weighted by atomic mass is 9.83. The van der Waals surface area contributed by atoms with Gasteiger partial charge in [0.25, 0.3) is 0 Å². The van der Waals surface area contributed by atoms with E-state index < -0.39 is 30.3 Å². The smallest absolute Gasteiger partial charge is 0.303 e. The van der Waals surface area contributed by atoms with Gasteiger partial charge in [-0.25, -0.2) is 0 Å². The van der Waals surface area contributed by atoms with Crippen molar-refractivity contribution in [3.8, 4) is 12.3 Å². The molecule has 35 heavy (non-hydrogen) atoms. The summed E-state index contributed by atoms with van der Waals surface area (Å²) >= 11 is 0. The third kappa shape index (κ3) is 5.77. The van der Waals surface area contributed by atoms with Crippen LogP contribution >= 0.6 is 0 Å². The zero-order valence-corrected chi connectivity index (χ0v) is 21.0. The van der Waals surface area contributed by atoms with E-state index >= 15 is 0 Å². The quantitative estimate of drug-likeness (QED) is 0.393. The van der Waals surface area contributed by atoms with Gasteiger partial charge in [-0.05, 0) is 59.9 Å². The number of hydrogen-bond donors (Lipinski definition) is 0. The molecule has 0 spiro atoms. The molecule has 0 unspecified atom stereocenters. The number of benzene rings is 2. The highest BCUT2D eigenvalue weighted by Gasteiger charge is 2.47. The van der Waals surface area contributed by atoms with Crippen molar-refractivity contribution in [2.75, 3.05) is 0 Å². The van der Waals surface area contributed by atoms with Gasteiger partial charge in [0, 0.05) is 25.3 Å². The Kier molecular flexibility index (Phi) is 7.62. The van der Waals surface area contributed by atoms with Crippen LogP contribution in [0.2, 0.25) is 0 Å². The molecule has 2 aromatic carbocycles. The van der Waals surface area contributed by atoms with Gasteiger partial charge in [0.2, 0.25) is 0 Å². The Morgan fingerprint density at radius 3 is 2.20 bits per heavy atom. The van der Waals surface area contributed by atoms with E-state index in [0.29, 0.717) is 6.42 Å². The predicted molar refractivity (Wildman–Crippen MR) is 134 cm³/mol. The zero-order valence-electron chi connectivity index (χ0n) is 21.0. The number of carbonyl (C=O) groups is 2. The third-order valence-corrected chi connectivity index (χ3v) is 7.09. The van der Waals surface area contributed by atoms with Gasteiger partial charge < -0.3 is 14.2 Å². The summed E-state index contributed by atoms with van der Waals surface area (Å²) in [5.41, 5.74) is 5.25. The van der Waals surface area contributed by atoms with Crippen LogP contribution < -0.4 is 0 Å². The van der Waals surface area contributed by atoms with Crippen LogP contribution in [-0.2, 0) is 30.2 Å². The number of hydrogen-bond acceptors (Lipinski definition) is 5. The van der Waals surface area contributed by atoms with Crippen LogP contribution in [0.25, 0.3) is 0 Å². The van der Waals surface area contributed by atoms with Crippen molar-refractivity contribution >= 4 is 11.9 Å². The maximum absolute atomic E-state index is 12.0. The highest BCUT2D eigenvalue weighted by atomic mass is 16.6. The summed E-state index contributed by atoms with van der Waals surface area (Å²) in [7, 11) is 0. The van der Waals surface area contributed by atoms with Gasteiger partial charge in [-0.15, -0.1) is 6.42 Å². The SMILES string of the molecule is C#Cc1ccc([C@@H]2O[C@H](CC)[C@@H](C)[C@H](OC(C)=O)[C@H]2OC(C)=O)cc1Cc1ccc(C2CC2)cc1. The van der Waals surface area contributed by atoms with Gasteiger partial charge in [-0.3, -0.25) is 9.59 Å². The summed E-state index contributed by atoms with van der Waals surface area (Å²) in [6, 6.07) is 14.6. The minimum atomic E-state index is -0.753. The topological polar surface area (TPSA) is 61.8 Å². The molecule has 0 amide bonds. The van der Waals surface area contributed by atoms with Crippen molar-refractivity contribution in [2.45, 2.75) is 83.7 Å². The number of ether oxygens (including phenoxy) is 3. The fraction of sp³-hybridized carbons (Fsp3) is 0.467. The van der Waals surface area contributed by atoms with E-state index in [0.717, 1.165) is 29.0 Å². The molecule has 5 nitrogen and oxygen atoms in total. The molecule has 4 rings (SSSR count). The third-order valence-electron chi connectivity index (χ3n) is 7.09. The van der Waals surface area contributed by atoms with Crippen molar-refractivity contribution < 1.29 is 23.8 Å². The molecule has 2 fully saturated rings. The first-order valence-electron chi connectivity index (χ1n) is 12.5. The summed E-state index contributed by atoms with van der Waals surface area (Å²) < 4.78 is 17.9. The van der Waals surface area contributed by atoms with Crippen LogP contribution in [0.15, 0.2) is 42.5 Å². The molecule has 184 valence electrons. The maximum atomic E-state index is 12.0. The van der Waals surface area contributed by atoms with Crippen molar-refractivity contribution in [1.82, 2.24) is 0 Å². The Bertz CT molecular complexity index is 1110. The Labute approximate surface area is 208 Å². The lowest BCUT2D eigenvalue weighted by molar-refractivity contribution is -0.225. The molecule has 1 aliphatic heterocycles. The minimum Gasteiger partial charge on any atom is -0.458 e. The first kappa shape index (κ1) is 25.0. The molecular weight excluding hydrogens is 440 g/mol. The van der Waals surface area contributed by atoms with Gasteiger partial charge >= 0.3 is 11.9 Å². The summed E-state index contributed by atoms with van der Waals surface area (Å²) in [4.78, 5) is 23.9. The first-order chi connectivity index (χ1) is 16.8. The van der Waals surface area contributed by atoms with Gasteiger partial charge in [-0.1, -0.05) is 56.2 Å². The molecule has 0 N–H and O–H groups in total. The molecule has 0 radical (unpaired) electrons. The molecule has 5 atom stereocenters. The molecule has 1 heterocycles. The van der Waals surface area contributed by atoms with Crippen LogP contribution in [0.3, 0.4) is 0 Å². The normalized spacial score (nSPS) is 26.0. The highest BCUT2D eigenvalue weighted by Crippen LogP contribution is 2.41. The van der Waals surface area contributed by atoms with Crippen molar-refractivity contribution in [2.24, 2.45) is 5.92 Å². The van der Waals surface area contributed by atoms with E-state index in [9.17, 15) is 9.59 Å². The van der Waals surface area contributed by atoms with E-state index in [4.69, 9.17) is 20.6 Å². The Morgan fingerprint density at radius 2 is 1.63 bits per heavy atom. The second kappa shape index (κ2) is 10.7. The minimum absolute atomic E-state index is 0.126. The molecule has 1 saturated heterocycles. The Balaban J connectivity index is 1.67. The van der Waals surface area contributed by atoms with Gasteiger partial charge in [0.05, 0.1) is 6.10 Å². The zero-order chi connectivity index (χ0) is 25.1. The van der Waals surface area contributed by atoms with E-state index in [1.165, 1.54) is 37.8 Å². The molecular formula is C30H34O5. The lowest BCUT2D eigenvalue weighted by Crippen LogP contribution is -2.52. The fourth-order valence-corrected chi connectivity index (χ4v) is 5.12. The van der Waals surface area contributed by atoms with E-state index in [1.54, 1.807) is 0 Å². The van der Waals surface area contributed by atoms with Gasteiger partial charge in [0.1, 0.15) is 12.2 Å². The van der Waals surface area contributed by atoms with Crippen LogP contribution in [0.4, 0.5) is 0 Å². The predicted octanol–water partition coefficient (Wildman–Crippen LogP) is 5.49. The monoisotopic (exact) mass is 474 g/mol. The van der Waals surface area contributed by atoms with Crippen LogP contribution in [0, 0.1) is 18.3 Å². The van der Waals surface area contributed by atoms with Crippen LogP contribution in [0.5, 0.6) is 0 Å². The Morgan fingerprint density at radius 1 is 1.00 bits per heavy atom. The average Bonchev–Trinajstić information content (AvgIpc) is 3.67. The molecule has 0 bridgehead atoms. The van der Waals surface area contributed by atoms with Crippen molar-refractivity contribution in [1.29, 1.82) is 0 Å². The highest BCUT2D eigenvalue weighted by molar-refractivity contribution is 5.67. The second-order valence-corrected chi connectivity index (χ2v) is 9.76. The number of rotatable bonds is 7. The molecule has 1 aliphatic carbocycles. The van der Waals surface area contributed by atoms with E-state index in [1.807, 2.05) is 32.0 Å². The van der Waals surface area contributed by atoms with Crippen molar-refractivity contribution in [3.63, 3.8) is 0 Å². The standard InChI is InChI=1S/C30H34O5/c1-6-22-12-15-25(17-26(22)16-21-8-10-23(11-9-21)24-13-14-24)29-30(34-20(5)32)28(33-19(4)31)18(3)27(7-2)35-29/h1,8-12,15,17-18,24,27-30H,7,13-14,16H2,2-5H3/t18-,27-,28+,29+,30-/m1/s1. The molecule has 1 saturated carbocycles. The summed E-state index contributed by atoms with van der Waals surface area (Å²) in [5.74, 6) is 2.53. The van der Waals surface area contributed by atoms with Crippen LogP contribution in [0.1, 0.15) is 86.8 Å². The van der Waals surface area contributed by atoms with Crippen molar-refractivity contribution in [3.05, 3.63) is 70.3 Å². The number of carbonyl (C=O) groups excluding carboxylic acids is 2. The summed E-state index contributed by atoms with van der Waals surface area (Å²) in [6.07, 6.45) is 7.72. The molecule has 5 heteroatoms. The molecule has 2 aromatic rings. The molecule has 0 aromatic heterocycles. The van der Waals surface area contributed by atoms with Gasteiger partial charge in [-0.2, -0.15) is 0 Å². The average molecular weight is 475 g/mol. The number of terminal acetylenes is 1. The first-order valence-corrected chi connectivity index (χ1v) is 12.5. The fourth-order valence-electron chi connectivity index (χ4n) is 5.12. The van der Waals surface area contributed by atoms with Crippen LogP contribution in [-0.4, -0.2) is 30.3 Å². The number of esters is 2. The summed E-state index contributed by atoms with van der Waals surface area (Å²) in [6.45, 7) is 6.73. The van der Waals surface area contributed by atoms with E-state index in [-0.39, 0.29) is 12.0 Å². The summed E-state index contributed by atoms with van der Waals surface area (Å²) in [5, 5.41) is 0.